The van der Waals surface area contributed by atoms with Gasteiger partial charge < -0.3 is 19.3 Å². The van der Waals surface area contributed by atoms with E-state index in [9.17, 15) is 4.79 Å². The second-order valence-electron chi connectivity index (χ2n) is 9.04. The van der Waals surface area contributed by atoms with Gasteiger partial charge in [-0.2, -0.15) is 5.10 Å². The van der Waals surface area contributed by atoms with E-state index in [-0.39, 0.29) is 18.4 Å². The fourth-order valence-electron chi connectivity index (χ4n) is 4.50. The van der Waals surface area contributed by atoms with Crippen LogP contribution in [0.25, 0.3) is 0 Å². The van der Waals surface area contributed by atoms with E-state index in [0.717, 1.165) is 55.4 Å². The van der Waals surface area contributed by atoms with Gasteiger partial charge >= 0.3 is 0 Å². The summed E-state index contributed by atoms with van der Waals surface area (Å²) in [6.07, 6.45) is 3.48. The van der Waals surface area contributed by atoms with Gasteiger partial charge in [-0.05, 0) is 43.9 Å². The third-order valence-electron chi connectivity index (χ3n) is 6.40. The maximum absolute atomic E-state index is 13.3. The highest BCUT2D eigenvalue weighted by atomic mass is 16.5. The molecule has 1 aromatic heterocycles. The van der Waals surface area contributed by atoms with Gasteiger partial charge in [0.2, 0.25) is 5.91 Å². The molecule has 1 unspecified atom stereocenters. The number of aromatic nitrogens is 3. The molecule has 1 saturated carbocycles. The molecule has 178 valence electrons. The van der Waals surface area contributed by atoms with Gasteiger partial charge in [-0.15, -0.1) is 0 Å². The van der Waals surface area contributed by atoms with Gasteiger partial charge in [0.25, 0.3) is 0 Å². The summed E-state index contributed by atoms with van der Waals surface area (Å²) in [5.74, 6) is 2.87. The quantitative estimate of drug-likeness (QED) is 0.555. The highest BCUT2D eigenvalue weighted by Gasteiger charge is 2.32. The number of carbonyl (C=O) groups is 1. The Labute approximate surface area is 199 Å². The molecule has 3 aromatic rings. The molecule has 5 rings (SSSR count). The first-order valence-corrected chi connectivity index (χ1v) is 11.9. The highest BCUT2D eigenvalue weighted by Crippen LogP contribution is 2.37. The topological polar surface area (TPSA) is 83.6 Å². The summed E-state index contributed by atoms with van der Waals surface area (Å²) < 4.78 is 11.6. The number of nitrogens with zero attached hydrogens (tertiary/aromatic N) is 4. The second kappa shape index (κ2) is 9.75. The van der Waals surface area contributed by atoms with Crippen LogP contribution in [0.1, 0.15) is 30.1 Å². The van der Waals surface area contributed by atoms with Crippen molar-refractivity contribution in [1.82, 2.24) is 20.1 Å². The first-order chi connectivity index (χ1) is 16.6. The van der Waals surface area contributed by atoms with E-state index in [1.54, 1.807) is 7.11 Å². The van der Waals surface area contributed by atoms with Crippen molar-refractivity contribution in [3.8, 4) is 11.5 Å². The molecule has 1 aliphatic carbocycles. The predicted molar refractivity (Wildman–Crippen MR) is 129 cm³/mol. The molecular formula is C26H31N5O3. The van der Waals surface area contributed by atoms with E-state index < -0.39 is 0 Å². The molecule has 1 atom stereocenters. The molecule has 0 bridgehead atoms. The van der Waals surface area contributed by atoms with Gasteiger partial charge in [-0.1, -0.05) is 30.3 Å². The first-order valence-electron chi connectivity index (χ1n) is 11.9. The van der Waals surface area contributed by atoms with Crippen LogP contribution in [0, 0.1) is 6.92 Å². The molecule has 34 heavy (non-hydrogen) atoms. The summed E-state index contributed by atoms with van der Waals surface area (Å²) in [6.45, 7) is 3.97. The molecule has 0 spiro atoms. The molecule has 1 aliphatic heterocycles. The minimum atomic E-state index is 0.0404. The molecule has 1 saturated heterocycles. The van der Waals surface area contributed by atoms with Crippen LogP contribution in [0.3, 0.4) is 0 Å². The Balaban J connectivity index is 1.36. The van der Waals surface area contributed by atoms with Crippen LogP contribution < -0.4 is 14.4 Å². The number of aryl methyl sites for hydroxylation is 1. The summed E-state index contributed by atoms with van der Waals surface area (Å²) in [5.41, 5.74) is 2.31. The van der Waals surface area contributed by atoms with Crippen molar-refractivity contribution >= 4 is 11.6 Å². The molecule has 8 heteroatoms. The van der Waals surface area contributed by atoms with Crippen LogP contribution >= 0.6 is 0 Å². The second-order valence-corrected chi connectivity index (χ2v) is 9.04. The summed E-state index contributed by atoms with van der Waals surface area (Å²) in [4.78, 5) is 21.9. The van der Waals surface area contributed by atoms with Crippen LogP contribution in [0.15, 0.2) is 48.5 Å². The monoisotopic (exact) mass is 461 g/mol. The Morgan fingerprint density at radius 1 is 1.12 bits per heavy atom. The molecule has 2 aromatic carbocycles. The van der Waals surface area contributed by atoms with Crippen LogP contribution in [0.4, 0.5) is 5.69 Å². The number of ether oxygens (including phenoxy) is 2. The van der Waals surface area contributed by atoms with Crippen molar-refractivity contribution in [1.29, 1.82) is 0 Å². The number of hydrogen-bond acceptors (Lipinski definition) is 6. The molecule has 2 heterocycles. The zero-order valence-electron chi connectivity index (χ0n) is 19.7. The molecule has 8 nitrogen and oxygen atoms in total. The number of hydrogen-bond donors (Lipinski definition) is 1. The van der Waals surface area contributed by atoms with Gasteiger partial charge in [-0.3, -0.25) is 9.89 Å². The largest absolute Gasteiger partial charge is 0.493 e. The van der Waals surface area contributed by atoms with Crippen molar-refractivity contribution in [2.45, 2.75) is 44.8 Å². The third kappa shape index (κ3) is 5.16. The highest BCUT2D eigenvalue weighted by molar-refractivity contribution is 5.78. The van der Waals surface area contributed by atoms with E-state index in [1.807, 2.05) is 36.1 Å². The Kier molecular flexibility index (Phi) is 6.38. The predicted octanol–water partition coefficient (Wildman–Crippen LogP) is 3.17. The van der Waals surface area contributed by atoms with Crippen molar-refractivity contribution in [2.24, 2.45) is 0 Å². The van der Waals surface area contributed by atoms with Crippen molar-refractivity contribution in [3.63, 3.8) is 0 Å². The maximum Gasteiger partial charge on any atom is 0.230 e. The SMILES string of the molecule is COc1ccc(N2CCN(C(=O)Cc3n[nH]c(C)n3)C(Cc3ccccc3)C2)cc1OC1CC1. The smallest absolute Gasteiger partial charge is 0.230 e. The van der Waals surface area contributed by atoms with Crippen LogP contribution in [0.2, 0.25) is 0 Å². The zero-order chi connectivity index (χ0) is 23.5. The van der Waals surface area contributed by atoms with Crippen molar-refractivity contribution in [2.75, 3.05) is 31.6 Å². The molecule has 0 radical (unpaired) electrons. The van der Waals surface area contributed by atoms with Gasteiger partial charge in [0.05, 0.1) is 25.7 Å². The lowest BCUT2D eigenvalue weighted by atomic mass is 10.0. The minimum absolute atomic E-state index is 0.0404. The number of nitrogens with one attached hydrogen (secondary N) is 1. The Hall–Kier alpha value is -3.55. The fraction of sp³-hybridized carbons (Fsp3) is 0.423. The molecular weight excluding hydrogens is 430 g/mol. The first kappa shape index (κ1) is 22.3. The van der Waals surface area contributed by atoms with E-state index in [4.69, 9.17) is 9.47 Å². The van der Waals surface area contributed by atoms with E-state index in [2.05, 4.69) is 44.3 Å². The number of aromatic amines is 1. The average molecular weight is 462 g/mol. The van der Waals surface area contributed by atoms with E-state index >= 15 is 0 Å². The summed E-state index contributed by atoms with van der Waals surface area (Å²) in [5, 5.41) is 6.98. The number of anilines is 1. The van der Waals surface area contributed by atoms with Crippen LogP contribution in [-0.2, 0) is 17.6 Å². The van der Waals surface area contributed by atoms with Gasteiger partial charge in [0.15, 0.2) is 17.3 Å². The Bertz CT molecular complexity index is 1130. The Morgan fingerprint density at radius 3 is 2.65 bits per heavy atom. The number of rotatable bonds is 8. The van der Waals surface area contributed by atoms with Crippen molar-refractivity contribution in [3.05, 3.63) is 65.7 Å². The van der Waals surface area contributed by atoms with Gasteiger partial charge in [0.1, 0.15) is 5.82 Å². The number of amides is 1. The molecule has 2 fully saturated rings. The summed E-state index contributed by atoms with van der Waals surface area (Å²) >= 11 is 0. The number of benzene rings is 2. The average Bonchev–Trinajstić information content (AvgIpc) is 3.58. The molecule has 1 N–H and O–H groups in total. The minimum Gasteiger partial charge on any atom is -0.493 e. The number of H-pyrrole nitrogens is 1. The zero-order valence-corrected chi connectivity index (χ0v) is 19.7. The van der Waals surface area contributed by atoms with Crippen LogP contribution in [-0.4, -0.2) is 64.9 Å². The molecule has 2 aliphatic rings. The molecule has 1 amide bonds. The number of carbonyl (C=O) groups excluding carboxylic acids is 1. The van der Waals surface area contributed by atoms with Gasteiger partial charge in [0, 0.05) is 31.4 Å². The van der Waals surface area contributed by atoms with Gasteiger partial charge in [-0.25, -0.2) is 4.98 Å². The number of piperazine rings is 1. The standard InChI is InChI=1S/C26H31N5O3/c1-18-27-25(29-28-18)16-26(32)31-13-12-30(17-21(31)14-19-6-4-3-5-7-19)20-8-11-23(33-2)24(15-20)34-22-9-10-22/h3-8,11,15,21-22H,9-10,12-14,16-17H2,1-2H3,(H,27,28,29). The fourth-order valence-corrected chi connectivity index (χ4v) is 4.50. The summed E-state index contributed by atoms with van der Waals surface area (Å²) in [6, 6.07) is 16.5. The van der Waals surface area contributed by atoms with E-state index in [1.165, 1.54) is 5.56 Å². The third-order valence-corrected chi connectivity index (χ3v) is 6.40. The maximum atomic E-state index is 13.3. The Morgan fingerprint density at radius 2 is 1.94 bits per heavy atom. The van der Waals surface area contributed by atoms with Crippen molar-refractivity contribution < 1.29 is 14.3 Å². The lowest BCUT2D eigenvalue weighted by molar-refractivity contribution is -0.133. The van der Waals surface area contributed by atoms with E-state index in [0.29, 0.717) is 18.5 Å². The van der Waals surface area contributed by atoms with Crippen LogP contribution in [0.5, 0.6) is 11.5 Å². The number of methoxy groups -OCH3 is 1. The lowest BCUT2D eigenvalue weighted by Crippen LogP contribution is -2.56. The lowest BCUT2D eigenvalue weighted by Gasteiger charge is -2.42. The summed E-state index contributed by atoms with van der Waals surface area (Å²) in [7, 11) is 1.67. The normalized spacial score (nSPS) is 18.1.